The predicted octanol–water partition coefficient (Wildman–Crippen LogP) is 2.93. The molecule has 2 atom stereocenters. The Bertz CT molecular complexity index is 739. The molecule has 4 nitrogen and oxygen atoms in total. The molecule has 5 heteroatoms. The highest BCUT2D eigenvalue weighted by molar-refractivity contribution is 7.12. The zero-order chi connectivity index (χ0) is 15.1. The molecular formula is C17H16N2O2S. The van der Waals surface area contributed by atoms with Crippen molar-refractivity contribution in [2.45, 2.75) is 13.0 Å². The Morgan fingerprint density at radius 2 is 2.14 bits per heavy atom. The van der Waals surface area contributed by atoms with Gasteiger partial charge in [0.1, 0.15) is 0 Å². The van der Waals surface area contributed by atoms with Crippen LogP contribution in [-0.4, -0.2) is 35.7 Å². The van der Waals surface area contributed by atoms with Crippen molar-refractivity contribution in [3.8, 4) is 0 Å². The number of carbonyl (C=O) groups excluding carboxylic acids is 1. The predicted molar refractivity (Wildman–Crippen MR) is 86.3 cm³/mol. The van der Waals surface area contributed by atoms with Gasteiger partial charge in [0.05, 0.1) is 23.1 Å². The molecule has 112 valence electrons. The van der Waals surface area contributed by atoms with Crippen LogP contribution >= 0.6 is 11.3 Å². The third-order valence-corrected chi connectivity index (χ3v) is 5.20. The zero-order valence-corrected chi connectivity index (χ0v) is 13.0. The lowest BCUT2D eigenvalue weighted by Crippen LogP contribution is -2.30. The lowest BCUT2D eigenvalue weighted by Gasteiger charge is -2.16. The Labute approximate surface area is 133 Å². The van der Waals surface area contributed by atoms with Gasteiger partial charge in [-0.25, -0.2) is 0 Å². The van der Waals surface area contributed by atoms with Gasteiger partial charge < -0.3 is 9.74 Å². The van der Waals surface area contributed by atoms with Crippen LogP contribution in [0.1, 0.15) is 20.8 Å². The highest BCUT2D eigenvalue weighted by atomic mass is 32.1. The van der Waals surface area contributed by atoms with E-state index in [9.17, 15) is 4.79 Å². The summed E-state index contributed by atoms with van der Waals surface area (Å²) in [6, 6.07) is 12.0. The second kappa shape index (κ2) is 5.25. The van der Waals surface area contributed by atoms with Crippen LogP contribution in [0.4, 0.5) is 0 Å². The van der Waals surface area contributed by atoms with Crippen LogP contribution in [0.5, 0.6) is 0 Å². The van der Waals surface area contributed by atoms with Gasteiger partial charge in [-0.15, -0.1) is 11.3 Å². The maximum atomic E-state index is 12.5. The van der Waals surface area contributed by atoms with E-state index in [0.717, 1.165) is 16.2 Å². The summed E-state index contributed by atoms with van der Waals surface area (Å²) in [5, 5.41) is 6.22. The molecule has 1 aromatic carbocycles. The number of fused-ring (bicyclic) bond motifs is 1. The molecule has 0 saturated carbocycles. The van der Waals surface area contributed by atoms with Crippen molar-refractivity contribution >= 4 is 23.0 Å². The molecule has 1 saturated heterocycles. The van der Waals surface area contributed by atoms with Crippen LogP contribution < -0.4 is 0 Å². The second-order valence-electron chi connectivity index (χ2n) is 5.73. The van der Waals surface area contributed by atoms with Crippen LogP contribution in [-0.2, 0) is 4.84 Å². The Kier molecular flexibility index (Phi) is 3.22. The fourth-order valence-electron chi connectivity index (χ4n) is 3.17. The summed E-state index contributed by atoms with van der Waals surface area (Å²) in [7, 11) is 0. The van der Waals surface area contributed by atoms with E-state index in [1.807, 2.05) is 34.5 Å². The van der Waals surface area contributed by atoms with Crippen LogP contribution in [0.25, 0.3) is 0 Å². The van der Waals surface area contributed by atoms with E-state index < -0.39 is 0 Å². The highest BCUT2D eigenvalue weighted by Gasteiger charge is 2.44. The fourth-order valence-corrected chi connectivity index (χ4v) is 3.86. The average Bonchev–Trinajstić information content (AvgIpc) is 3.24. The molecule has 2 unspecified atom stereocenters. The summed E-state index contributed by atoms with van der Waals surface area (Å²) in [5.41, 5.74) is 3.29. The van der Waals surface area contributed by atoms with Crippen molar-refractivity contribution < 1.29 is 9.63 Å². The van der Waals surface area contributed by atoms with Crippen LogP contribution in [0.15, 0.2) is 46.9 Å². The quantitative estimate of drug-likeness (QED) is 0.855. The van der Waals surface area contributed by atoms with Crippen molar-refractivity contribution in [3.05, 3.63) is 57.8 Å². The van der Waals surface area contributed by atoms with Crippen molar-refractivity contribution in [1.82, 2.24) is 4.90 Å². The van der Waals surface area contributed by atoms with Gasteiger partial charge in [-0.1, -0.05) is 35.5 Å². The molecule has 1 aromatic heterocycles. The molecule has 4 rings (SSSR count). The van der Waals surface area contributed by atoms with E-state index in [4.69, 9.17) is 4.84 Å². The van der Waals surface area contributed by atoms with Gasteiger partial charge in [-0.05, 0) is 23.9 Å². The number of rotatable bonds is 2. The molecule has 22 heavy (non-hydrogen) atoms. The first-order valence-electron chi connectivity index (χ1n) is 7.36. The first-order chi connectivity index (χ1) is 10.7. The van der Waals surface area contributed by atoms with Gasteiger partial charge in [0.25, 0.3) is 5.91 Å². The minimum atomic E-state index is -0.0153. The van der Waals surface area contributed by atoms with E-state index in [0.29, 0.717) is 13.1 Å². The van der Waals surface area contributed by atoms with Gasteiger partial charge in [-0.3, -0.25) is 4.79 Å². The maximum absolute atomic E-state index is 12.5. The van der Waals surface area contributed by atoms with E-state index in [2.05, 4.69) is 24.2 Å². The van der Waals surface area contributed by atoms with Gasteiger partial charge >= 0.3 is 0 Å². The summed E-state index contributed by atoms with van der Waals surface area (Å²) in [4.78, 5) is 20.8. The van der Waals surface area contributed by atoms with E-state index in [1.54, 1.807) is 0 Å². The van der Waals surface area contributed by atoms with Crippen molar-refractivity contribution in [2.75, 3.05) is 13.1 Å². The molecule has 2 aromatic rings. The number of thiophene rings is 1. The Morgan fingerprint density at radius 1 is 1.27 bits per heavy atom. The zero-order valence-electron chi connectivity index (χ0n) is 12.2. The molecule has 0 aliphatic carbocycles. The Morgan fingerprint density at radius 3 is 2.91 bits per heavy atom. The molecule has 2 aliphatic heterocycles. The Hall–Kier alpha value is -2.14. The summed E-state index contributed by atoms with van der Waals surface area (Å²) >= 11 is 1.48. The topological polar surface area (TPSA) is 41.9 Å². The molecule has 0 N–H and O–H groups in total. The molecule has 0 bridgehead atoms. The SMILES string of the molecule is Cc1ccccc1C1=NOC2CN(C(=O)c3cccs3)CC12. The Balaban J connectivity index is 1.57. The number of amides is 1. The number of likely N-dealkylation sites (tertiary alicyclic amines) is 1. The third-order valence-electron chi connectivity index (χ3n) is 4.34. The summed E-state index contributed by atoms with van der Waals surface area (Å²) in [5.74, 6) is 0.266. The number of oxime groups is 1. The first kappa shape index (κ1) is 13.5. The molecule has 1 amide bonds. The summed E-state index contributed by atoms with van der Waals surface area (Å²) in [6.07, 6.45) is -0.0153. The third kappa shape index (κ3) is 2.13. The lowest BCUT2D eigenvalue weighted by molar-refractivity contribution is 0.0634. The number of hydrogen-bond donors (Lipinski definition) is 0. The number of benzene rings is 1. The minimum absolute atomic E-state index is 0.0153. The van der Waals surface area contributed by atoms with Crippen molar-refractivity contribution in [2.24, 2.45) is 11.1 Å². The first-order valence-corrected chi connectivity index (χ1v) is 8.24. The maximum Gasteiger partial charge on any atom is 0.264 e. The van der Waals surface area contributed by atoms with E-state index >= 15 is 0 Å². The molecule has 0 spiro atoms. The number of aryl methyl sites for hydroxylation is 1. The van der Waals surface area contributed by atoms with E-state index in [1.165, 1.54) is 16.9 Å². The van der Waals surface area contributed by atoms with Gasteiger partial charge in [0, 0.05) is 12.1 Å². The van der Waals surface area contributed by atoms with E-state index in [-0.39, 0.29) is 17.9 Å². The number of carbonyl (C=O) groups is 1. The molecule has 1 fully saturated rings. The summed E-state index contributed by atoms with van der Waals surface area (Å²) < 4.78 is 0. The standard InChI is InChI=1S/C17H16N2O2S/c1-11-5-2-3-6-12(11)16-13-9-19(10-14(13)21-18-16)17(20)15-7-4-8-22-15/h2-8,13-14H,9-10H2,1H3. The van der Waals surface area contributed by atoms with Crippen molar-refractivity contribution in [1.29, 1.82) is 0 Å². The molecular weight excluding hydrogens is 296 g/mol. The van der Waals surface area contributed by atoms with Crippen LogP contribution in [0.3, 0.4) is 0 Å². The highest BCUT2D eigenvalue weighted by Crippen LogP contribution is 2.32. The summed E-state index contributed by atoms with van der Waals surface area (Å²) in [6.45, 7) is 3.36. The lowest BCUT2D eigenvalue weighted by atomic mass is 9.92. The van der Waals surface area contributed by atoms with Crippen LogP contribution in [0.2, 0.25) is 0 Å². The molecule has 3 heterocycles. The second-order valence-corrected chi connectivity index (χ2v) is 6.68. The van der Waals surface area contributed by atoms with Crippen LogP contribution in [0, 0.1) is 12.8 Å². The largest absolute Gasteiger partial charge is 0.390 e. The number of hydrogen-bond acceptors (Lipinski definition) is 4. The normalized spacial score (nSPS) is 23.1. The monoisotopic (exact) mass is 312 g/mol. The van der Waals surface area contributed by atoms with Gasteiger partial charge in [0.2, 0.25) is 0 Å². The molecule has 2 aliphatic rings. The average molecular weight is 312 g/mol. The smallest absolute Gasteiger partial charge is 0.264 e. The van der Waals surface area contributed by atoms with Crippen molar-refractivity contribution in [3.63, 3.8) is 0 Å². The fraction of sp³-hybridized carbons (Fsp3) is 0.294. The molecule has 0 radical (unpaired) electrons. The number of nitrogens with zero attached hydrogens (tertiary/aromatic N) is 2. The van der Waals surface area contributed by atoms with Gasteiger partial charge in [0.15, 0.2) is 6.10 Å². The minimum Gasteiger partial charge on any atom is -0.390 e. The van der Waals surface area contributed by atoms with Gasteiger partial charge in [-0.2, -0.15) is 0 Å².